The molecule has 4 fully saturated rings. The second kappa shape index (κ2) is 5.01. The van der Waals surface area contributed by atoms with Gasteiger partial charge < -0.3 is 10.4 Å². The van der Waals surface area contributed by atoms with E-state index in [9.17, 15) is 5.11 Å². The minimum atomic E-state index is 0.452. The number of aryl methyl sites for hydroxylation is 2. The lowest BCUT2D eigenvalue weighted by Crippen LogP contribution is -2.54. The highest BCUT2D eigenvalue weighted by molar-refractivity contribution is 5.42. The predicted molar refractivity (Wildman–Crippen MR) is 85.3 cm³/mol. The van der Waals surface area contributed by atoms with Gasteiger partial charge in [-0.05, 0) is 86.3 Å². The summed E-state index contributed by atoms with van der Waals surface area (Å²) >= 11 is 0. The molecule has 1 aromatic rings. The van der Waals surface area contributed by atoms with E-state index in [-0.39, 0.29) is 0 Å². The normalized spacial score (nSPS) is 37.1. The van der Waals surface area contributed by atoms with Gasteiger partial charge in [0.15, 0.2) is 0 Å². The molecule has 1 aromatic carbocycles. The maximum Gasteiger partial charge on any atom is 0.121 e. The fourth-order valence-electron chi connectivity index (χ4n) is 5.64. The zero-order chi connectivity index (χ0) is 14.6. The fraction of sp³-hybridized carbons (Fsp3) is 0.684. The van der Waals surface area contributed by atoms with Crippen molar-refractivity contribution in [2.75, 3.05) is 0 Å². The Morgan fingerprint density at radius 3 is 2.00 bits per heavy atom. The van der Waals surface area contributed by atoms with Gasteiger partial charge in [0, 0.05) is 12.6 Å². The number of hydrogen-bond acceptors (Lipinski definition) is 2. The first-order valence-corrected chi connectivity index (χ1v) is 8.62. The molecular weight excluding hydrogens is 258 g/mol. The minimum Gasteiger partial charge on any atom is -0.507 e. The van der Waals surface area contributed by atoms with Crippen LogP contribution in [-0.2, 0) is 6.54 Å². The summed E-state index contributed by atoms with van der Waals surface area (Å²) in [5.74, 6) is 4.40. The summed E-state index contributed by atoms with van der Waals surface area (Å²) in [6.07, 6.45) is 7.41. The quantitative estimate of drug-likeness (QED) is 0.882. The summed E-state index contributed by atoms with van der Waals surface area (Å²) in [5.41, 5.74) is 3.31. The van der Waals surface area contributed by atoms with Gasteiger partial charge in [-0.2, -0.15) is 0 Å². The molecule has 0 saturated heterocycles. The van der Waals surface area contributed by atoms with E-state index in [1.54, 1.807) is 0 Å². The SMILES string of the molecule is Cc1cc(CNC2C3CC4CC(C3)CC2C4)cc(C)c1O. The predicted octanol–water partition coefficient (Wildman–Crippen LogP) is 3.92. The van der Waals surface area contributed by atoms with E-state index < -0.39 is 0 Å². The van der Waals surface area contributed by atoms with Crippen molar-refractivity contribution in [1.82, 2.24) is 5.32 Å². The first-order chi connectivity index (χ1) is 10.1. The van der Waals surface area contributed by atoms with E-state index in [2.05, 4.69) is 17.4 Å². The maximum atomic E-state index is 9.89. The van der Waals surface area contributed by atoms with Crippen LogP contribution in [0.25, 0.3) is 0 Å². The third kappa shape index (κ3) is 2.38. The van der Waals surface area contributed by atoms with Crippen LogP contribution in [0.1, 0.15) is 48.8 Å². The van der Waals surface area contributed by atoms with Crippen LogP contribution in [0.15, 0.2) is 12.1 Å². The standard InChI is InChI=1S/C19H27NO/c1-11-3-15(4-12(2)19(11)21)10-20-18-16-6-13-5-14(8-16)9-17(18)7-13/h3-4,13-14,16-18,20-21H,5-10H2,1-2H3. The molecule has 4 bridgehead atoms. The molecule has 0 radical (unpaired) electrons. The molecule has 0 heterocycles. The van der Waals surface area contributed by atoms with Crippen molar-refractivity contribution in [3.8, 4) is 5.75 Å². The Balaban J connectivity index is 1.45. The molecule has 114 valence electrons. The van der Waals surface area contributed by atoms with Gasteiger partial charge in [-0.15, -0.1) is 0 Å². The van der Waals surface area contributed by atoms with Crippen LogP contribution in [0.2, 0.25) is 0 Å². The van der Waals surface area contributed by atoms with Gasteiger partial charge in [-0.1, -0.05) is 12.1 Å². The Kier molecular flexibility index (Phi) is 3.25. The lowest BCUT2D eigenvalue weighted by Gasteiger charge is -2.54. The lowest BCUT2D eigenvalue weighted by atomic mass is 9.54. The number of phenolic OH excluding ortho intramolecular Hbond substituents is 1. The number of phenols is 1. The van der Waals surface area contributed by atoms with Crippen molar-refractivity contribution in [2.24, 2.45) is 23.7 Å². The van der Waals surface area contributed by atoms with E-state index in [4.69, 9.17) is 0 Å². The molecular formula is C19H27NO. The van der Waals surface area contributed by atoms with Gasteiger partial charge >= 0.3 is 0 Å². The van der Waals surface area contributed by atoms with Crippen molar-refractivity contribution >= 4 is 0 Å². The zero-order valence-corrected chi connectivity index (χ0v) is 13.2. The van der Waals surface area contributed by atoms with Crippen LogP contribution in [0, 0.1) is 37.5 Å². The molecule has 5 rings (SSSR count). The molecule has 0 atom stereocenters. The molecule has 21 heavy (non-hydrogen) atoms. The van der Waals surface area contributed by atoms with Gasteiger partial charge in [0.2, 0.25) is 0 Å². The largest absolute Gasteiger partial charge is 0.507 e. The summed E-state index contributed by atoms with van der Waals surface area (Å²) in [6, 6.07) is 5.00. The Morgan fingerprint density at radius 1 is 0.952 bits per heavy atom. The number of benzene rings is 1. The number of hydrogen-bond donors (Lipinski definition) is 2. The molecule has 4 saturated carbocycles. The van der Waals surface area contributed by atoms with Crippen LogP contribution >= 0.6 is 0 Å². The van der Waals surface area contributed by atoms with Gasteiger partial charge in [-0.3, -0.25) is 0 Å². The van der Waals surface area contributed by atoms with E-state index in [1.807, 2.05) is 13.8 Å². The molecule has 0 amide bonds. The summed E-state index contributed by atoms with van der Waals surface area (Å²) < 4.78 is 0. The van der Waals surface area contributed by atoms with Crippen molar-refractivity contribution in [2.45, 2.75) is 58.5 Å². The number of aromatic hydroxyl groups is 1. The van der Waals surface area contributed by atoms with E-state index in [1.165, 1.54) is 37.7 Å². The zero-order valence-electron chi connectivity index (χ0n) is 13.2. The topological polar surface area (TPSA) is 32.3 Å². The Bertz CT molecular complexity index is 499. The average molecular weight is 285 g/mol. The van der Waals surface area contributed by atoms with Crippen molar-refractivity contribution in [3.63, 3.8) is 0 Å². The maximum absolute atomic E-state index is 9.89. The van der Waals surface area contributed by atoms with Crippen molar-refractivity contribution in [1.29, 1.82) is 0 Å². The second-order valence-corrected chi connectivity index (χ2v) is 7.92. The Labute approximate surface area is 128 Å². The third-order valence-electron chi connectivity index (χ3n) is 6.32. The molecule has 2 nitrogen and oxygen atoms in total. The second-order valence-electron chi connectivity index (χ2n) is 7.92. The van der Waals surface area contributed by atoms with Crippen LogP contribution in [0.3, 0.4) is 0 Å². The van der Waals surface area contributed by atoms with Crippen LogP contribution < -0.4 is 5.32 Å². The summed E-state index contributed by atoms with van der Waals surface area (Å²) in [6.45, 7) is 4.94. The van der Waals surface area contributed by atoms with Crippen LogP contribution in [-0.4, -0.2) is 11.1 Å². The minimum absolute atomic E-state index is 0.452. The monoisotopic (exact) mass is 285 g/mol. The summed E-state index contributed by atoms with van der Waals surface area (Å²) in [4.78, 5) is 0. The van der Waals surface area contributed by atoms with E-state index in [0.29, 0.717) is 5.75 Å². The molecule has 4 aliphatic rings. The van der Waals surface area contributed by atoms with Gasteiger partial charge in [0.25, 0.3) is 0 Å². The van der Waals surface area contributed by atoms with Crippen molar-refractivity contribution in [3.05, 3.63) is 28.8 Å². The molecule has 0 unspecified atom stereocenters. The van der Waals surface area contributed by atoms with Crippen LogP contribution in [0.4, 0.5) is 0 Å². The molecule has 0 spiro atoms. The summed E-state index contributed by atoms with van der Waals surface area (Å²) in [7, 11) is 0. The molecule has 0 aliphatic heterocycles. The molecule has 2 N–H and O–H groups in total. The fourth-order valence-corrected chi connectivity index (χ4v) is 5.64. The first-order valence-electron chi connectivity index (χ1n) is 8.62. The van der Waals surface area contributed by atoms with Crippen molar-refractivity contribution < 1.29 is 5.11 Å². The van der Waals surface area contributed by atoms with Gasteiger partial charge in [0.1, 0.15) is 5.75 Å². The highest BCUT2D eigenvalue weighted by Gasteiger charge is 2.47. The Hall–Kier alpha value is -1.02. The third-order valence-corrected chi connectivity index (χ3v) is 6.32. The summed E-state index contributed by atoms with van der Waals surface area (Å²) in [5, 5.41) is 13.8. The molecule has 0 aromatic heterocycles. The van der Waals surface area contributed by atoms with E-state index >= 15 is 0 Å². The van der Waals surface area contributed by atoms with E-state index in [0.717, 1.165) is 47.4 Å². The number of nitrogens with one attached hydrogen (secondary N) is 1. The smallest absolute Gasteiger partial charge is 0.121 e. The number of rotatable bonds is 3. The van der Waals surface area contributed by atoms with Gasteiger partial charge in [-0.25, -0.2) is 0 Å². The first kappa shape index (κ1) is 13.6. The highest BCUT2D eigenvalue weighted by Crippen LogP contribution is 2.53. The Morgan fingerprint density at radius 2 is 1.48 bits per heavy atom. The molecule has 4 aliphatic carbocycles. The average Bonchev–Trinajstić information content (AvgIpc) is 2.43. The lowest BCUT2D eigenvalue weighted by molar-refractivity contribution is -0.0142. The van der Waals surface area contributed by atoms with Crippen LogP contribution in [0.5, 0.6) is 5.75 Å². The highest BCUT2D eigenvalue weighted by atomic mass is 16.3. The van der Waals surface area contributed by atoms with Gasteiger partial charge in [0.05, 0.1) is 0 Å². The molecule has 2 heteroatoms.